The van der Waals surface area contributed by atoms with Crippen molar-refractivity contribution >= 4 is 22.8 Å². The van der Waals surface area contributed by atoms with Crippen molar-refractivity contribution in [3.8, 4) is 0 Å². The summed E-state index contributed by atoms with van der Waals surface area (Å²) in [6.07, 6.45) is 1.91. The third kappa shape index (κ3) is 2.98. The maximum absolute atomic E-state index is 13.0. The molecule has 0 unspecified atom stereocenters. The molecular formula is C20H24N2O4. The number of hydrogen-bond donors (Lipinski definition) is 0. The fraction of sp³-hybridized carbons (Fsp3) is 0.500. The summed E-state index contributed by atoms with van der Waals surface area (Å²) < 4.78 is 11.8. The number of rotatable bonds is 1. The van der Waals surface area contributed by atoms with Crippen molar-refractivity contribution < 1.29 is 18.7 Å². The Morgan fingerprint density at radius 1 is 1.23 bits per heavy atom. The van der Waals surface area contributed by atoms with Gasteiger partial charge in [0, 0.05) is 32.1 Å². The van der Waals surface area contributed by atoms with Crippen LogP contribution in [0.2, 0.25) is 0 Å². The third-order valence-corrected chi connectivity index (χ3v) is 5.53. The molecule has 0 N–H and O–H groups in total. The molecule has 1 aromatic heterocycles. The first kappa shape index (κ1) is 17.1. The first-order chi connectivity index (χ1) is 12.5. The smallest absolute Gasteiger partial charge is 0.257 e. The summed E-state index contributed by atoms with van der Waals surface area (Å²) in [5, 5.41) is 0.953. The predicted octanol–water partition coefficient (Wildman–Crippen LogP) is 2.59. The largest absolute Gasteiger partial charge is 0.461 e. The summed E-state index contributed by atoms with van der Waals surface area (Å²) in [5.74, 6) is 0.926. The van der Waals surface area contributed by atoms with Gasteiger partial charge in [0.05, 0.1) is 24.2 Å². The molecule has 0 atom stereocenters. The van der Waals surface area contributed by atoms with Crippen molar-refractivity contribution in [2.75, 3.05) is 33.3 Å². The maximum Gasteiger partial charge on any atom is 0.257 e. The summed E-state index contributed by atoms with van der Waals surface area (Å²) in [4.78, 5) is 28.6. The van der Waals surface area contributed by atoms with Gasteiger partial charge in [-0.1, -0.05) is 12.1 Å². The normalized spacial score (nSPS) is 20.6. The summed E-state index contributed by atoms with van der Waals surface area (Å²) in [6.45, 7) is 4.19. The van der Waals surface area contributed by atoms with Gasteiger partial charge in [-0.15, -0.1) is 0 Å². The van der Waals surface area contributed by atoms with Crippen LogP contribution in [0.15, 0.2) is 28.7 Å². The molecule has 2 aromatic rings. The molecule has 2 fully saturated rings. The van der Waals surface area contributed by atoms with E-state index >= 15 is 0 Å². The molecule has 1 spiro atoms. The van der Waals surface area contributed by atoms with Gasteiger partial charge in [0.25, 0.3) is 5.91 Å². The first-order valence-corrected chi connectivity index (χ1v) is 9.14. The molecule has 2 amide bonds. The summed E-state index contributed by atoms with van der Waals surface area (Å²) >= 11 is 0. The molecule has 2 aliphatic rings. The van der Waals surface area contributed by atoms with E-state index in [1.54, 1.807) is 4.90 Å². The van der Waals surface area contributed by atoms with Crippen molar-refractivity contribution in [3.63, 3.8) is 0 Å². The molecule has 4 rings (SSSR count). The molecule has 1 aromatic carbocycles. The van der Waals surface area contributed by atoms with Crippen molar-refractivity contribution in [3.05, 3.63) is 35.6 Å². The second-order valence-electron chi connectivity index (χ2n) is 7.40. The number of aryl methyl sites for hydroxylation is 1. The number of likely N-dealkylation sites (tertiary alicyclic amines) is 1. The zero-order valence-corrected chi connectivity index (χ0v) is 15.3. The minimum Gasteiger partial charge on any atom is -0.461 e. The Morgan fingerprint density at radius 3 is 2.77 bits per heavy atom. The van der Waals surface area contributed by atoms with Gasteiger partial charge in [0.2, 0.25) is 5.91 Å². The fourth-order valence-corrected chi connectivity index (χ4v) is 4.06. The molecule has 6 nitrogen and oxygen atoms in total. The van der Waals surface area contributed by atoms with E-state index in [2.05, 4.69) is 0 Å². The van der Waals surface area contributed by atoms with Gasteiger partial charge in [-0.2, -0.15) is 0 Å². The Kier molecular flexibility index (Phi) is 4.23. The molecule has 3 heterocycles. The highest BCUT2D eigenvalue weighted by atomic mass is 16.5. The van der Waals surface area contributed by atoms with E-state index in [1.807, 2.05) is 43.1 Å². The highest BCUT2D eigenvalue weighted by Gasteiger charge is 2.40. The number of fused-ring (bicyclic) bond motifs is 1. The topological polar surface area (TPSA) is 63.0 Å². The Balaban J connectivity index is 1.50. The number of amides is 2. The van der Waals surface area contributed by atoms with E-state index in [-0.39, 0.29) is 17.4 Å². The zero-order chi connectivity index (χ0) is 18.3. The van der Waals surface area contributed by atoms with Crippen LogP contribution in [-0.4, -0.2) is 60.5 Å². The molecule has 2 saturated heterocycles. The molecule has 6 heteroatoms. The number of likely N-dealkylation sites (N-methyl/N-ethyl adjacent to an activating group) is 1. The number of ether oxygens (including phenoxy) is 1. The second-order valence-corrected chi connectivity index (χ2v) is 7.40. The van der Waals surface area contributed by atoms with Crippen molar-refractivity contribution in [1.29, 1.82) is 0 Å². The maximum atomic E-state index is 13.0. The first-order valence-electron chi connectivity index (χ1n) is 9.14. The Morgan fingerprint density at radius 2 is 2.00 bits per heavy atom. The molecular weight excluding hydrogens is 332 g/mol. The van der Waals surface area contributed by atoms with Gasteiger partial charge in [0.15, 0.2) is 0 Å². The average Bonchev–Trinajstić information content (AvgIpc) is 2.95. The van der Waals surface area contributed by atoms with E-state index in [4.69, 9.17) is 9.15 Å². The van der Waals surface area contributed by atoms with Gasteiger partial charge in [-0.3, -0.25) is 9.59 Å². The molecule has 26 heavy (non-hydrogen) atoms. The fourth-order valence-electron chi connectivity index (χ4n) is 4.06. The second kappa shape index (κ2) is 6.43. The average molecular weight is 356 g/mol. The molecule has 0 radical (unpaired) electrons. The van der Waals surface area contributed by atoms with Crippen molar-refractivity contribution in [2.24, 2.45) is 0 Å². The number of para-hydroxylation sites is 1. The lowest BCUT2D eigenvalue weighted by Gasteiger charge is -2.42. The number of benzene rings is 1. The van der Waals surface area contributed by atoms with Gasteiger partial charge in [-0.25, -0.2) is 0 Å². The standard InChI is InChI=1S/C20H24N2O4/c1-14-12-15-4-3-5-16(18(15)26-14)19(24)22-9-7-20(8-10-22)13-21(2)17(23)6-11-25-20/h3-5,12H,6-11,13H2,1-2H3. The van der Waals surface area contributed by atoms with Gasteiger partial charge in [-0.05, 0) is 31.9 Å². The monoisotopic (exact) mass is 356 g/mol. The van der Waals surface area contributed by atoms with E-state index in [9.17, 15) is 9.59 Å². The summed E-state index contributed by atoms with van der Waals surface area (Å²) in [5.41, 5.74) is 0.942. The van der Waals surface area contributed by atoms with Crippen LogP contribution in [-0.2, 0) is 9.53 Å². The van der Waals surface area contributed by atoms with E-state index < -0.39 is 0 Å². The lowest BCUT2D eigenvalue weighted by molar-refractivity contribution is -0.130. The minimum atomic E-state index is -0.328. The summed E-state index contributed by atoms with van der Waals surface area (Å²) in [7, 11) is 1.83. The number of nitrogens with zero attached hydrogens (tertiary/aromatic N) is 2. The Labute approximate surface area is 152 Å². The lowest BCUT2D eigenvalue weighted by atomic mass is 9.90. The van der Waals surface area contributed by atoms with Crippen LogP contribution >= 0.6 is 0 Å². The number of carbonyl (C=O) groups is 2. The van der Waals surface area contributed by atoms with Gasteiger partial charge in [0.1, 0.15) is 11.3 Å². The highest BCUT2D eigenvalue weighted by molar-refractivity contribution is 6.05. The molecule has 0 bridgehead atoms. The van der Waals surface area contributed by atoms with Crippen molar-refractivity contribution in [1.82, 2.24) is 9.80 Å². The molecule has 2 aliphatic heterocycles. The quantitative estimate of drug-likeness (QED) is 0.788. The van der Waals surface area contributed by atoms with Gasteiger partial charge < -0.3 is 19.0 Å². The number of furan rings is 1. The lowest BCUT2D eigenvalue weighted by Crippen LogP contribution is -2.52. The van der Waals surface area contributed by atoms with Gasteiger partial charge >= 0.3 is 0 Å². The van der Waals surface area contributed by atoms with Crippen LogP contribution in [0.1, 0.15) is 35.4 Å². The minimum absolute atomic E-state index is 0.00199. The predicted molar refractivity (Wildman–Crippen MR) is 97.0 cm³/mol. The molecule has 0 aliphatic carbocycles. The Bertz CT molecular complexity index is 849. The van der Waals surface area contributed by atoms with Crippen LogP contribution in [0, 0.1) is 6.92 Å². The Hall–Kier alpha value is -2.34. The highest BCUT2D eigenvalue weighted by Crippen LogP contribution is 2.31. The molecule has 138 valence electrons. The number of piperidine rings is 1. The number of hydrogen-bond acceptors (Lipinski definition) is 4. The van der Waals surface area contributed by atoms with E-state index in [0.717, 1.165) is 24.0 Å². The van der Waals surface area contributed by atoms with Crippen LogP contribution in [0.25, 0.3) is 11.0 Å². The number of carbonyl (C=O) groups excluding carboxylic acids is 2. The third-order valence-electron chi connectivity index (χ3n) is 5.53. The van der Waals surface area contributed by atoms with Crippen LogP contribution in [0.5, 0.6) is 0 Å². The van der Waals surface area contributed by atoms with Crippen LogP contribution in [0.3, 0.4) is 0 Å². The van der Waals surface area contributed by atoms with Crippen LogP contribution < -0.4 is 0 Å². The van der Waals surface area contributed by atoms with Crippen LogP contribution in [0.4, 0.5) is 0 Å². The van der Waals surface area contributed by atoms with E-state index in [1.165, 1.54) is 0 Å². The molecule has 0 saturated carbocycles. The SMILES string of the molecule is Cc1cc2cccc(C(=O)N3CCC4(CC3)CN(C)C(=O)CCO4)c2o1. The van der Waals surface area contributed by atoms with Crippen molar-refractivity contribution in [2.45, 2.75) is 31.8 Å². The summed E-state index contributed by atoms with van der Waals surface area (Å²) in [6, 6.07) is 7.63. The zero-order valence-electron chi connectivity index (χ0n) is 15.3. The van der Waals surface area contributed by atoms with E-state index in [0.29, 0.717) is 43.8 Å².